The van der Waals surface area contributed by atoms with Crippen molar-refractivity contribution in [3.05, 3.63) is 48.4 Å². The van der Waals surface area contributed by atoms with Gasteiger partial charge < -0.3 is 14.8 Å². The van der Waals surface area contributed by atoms with Crippen molar-refractivity contribution in [3.63, 3.8) is 0 Å². The number of piperazine rings is 1. The number of sulfonamides is 1. The van der Waals surface area contributed by atoms with E-state index in [1.165, 1.54) is 16.7 Å². The third kappa shape index (κ3) is 3.93. The highest BCUT2D eigenvalue weighted by Gasteiger charge is 2.39. The minimum atomic E-state index is -3.74. The van der Waals surface area contributed by atoms with Crippen LogP contribution in [0.3, 0.4) is 0 Å². The van der Waals surface area contributed by atoms with Crippen molar-refractivity contribution < 1.29 is 22.0 Å². The summed E-state index contributed by atoms with van der Waals surface area (Å²) in [6.07, 6.45) is 4.84. The molecule has 33 heavy (non-hydrogen) atoms. The first-order chi connectivity index (χ1) is 15.8. The van der Waals surface area contributed by atoms with Gasteiger partial charge in [-0.05, 0) is 18.6 Å². The van der Waals surface area contributed by atoms with Crippen LogP contribution >= 0.6 is 0 Å². The molecule has 1 amide bonds. The van der Waals surface area contributed by atoms with Gasteiger partial charge in [0.15, 0.2) is 11.6 Å². The molecule has 9 nitrogen and oxygen atoms in total. The van der Waals surface area contributed by atoms with Crippen LogP contribution in [0.2, 0.25) is 0 Å². The Kier molecular flexibility index (Phi) is 5.49. The molecular weight excluding hydrogens is 454 g/mol. The highest BCUT2D eigenvalue weighted by atomic mass is 32.2. The van der Waals surface area contributed by atoms with Crippen molar-refractivity contribution in [1.82, 2.24) is 24.2 Å². The summed E-state index contributed by atoms with van der Waals surface area (Å²) in [5.74, 6) is -2.34. The molecule has 0 radical (unpaired) electrons. The van der Waals surface area contributed by atoms with Crippen LogP contribution in [-0.4, -0.2) is 77.8 Å². The van der Waals surface area contributed by atoms with Gasteiger partial charge in [0.25, 0.3) is 10.0 Å². The number of fused-ring (bicyclic) bond motifs is 1. The van der Waals surface area contributed by atoms with Gasteiger partial charge in [-0.15, -0.1) is 0 Å². The van der Waals surface area contributed by atoms with Gasteiger partial charge in [0.2, 0.25) is 11.1 Å². The molecule has 0 unspecified atom stereocenters. The zero-order valence-electron chi connectivity index (χ0n) is 17.6. The molecule has 3 aromatic rings. The number of nitrogens with zero attached hydrogens (tertiary/aromatic N) is 5. The largest absolute Gasteiger partial charge is 0.367 e. The number of anilines is 1. The van der Waals surface area contributed by atoms with Crippen LogP contribution in [0.1, 0.15) is 6.42 Å². The molecule has 12 heteroatoms. The molecule has 174 valence electrons. The zero-order chi connectivity index (χ0) is 23.2. The monoisotopic (exact) mass is 476 g/mol. The molecule has 1 atom stereocenters. The number of aromatic nitrogens is 3. The predicted molar refractivity (Wildman–Crippen MR) is 116 cm³/mol. The third-order valence-corrected chi connectivity index (χ3v) is 7.97. The number of hydrogen-bond acceptors (Lipinski definition) is 6. The Hall–Kier alpha value is -3.12. The van der Waals surface area contributed by atoms with Crippen LogP contribution in [0.25, 0.3) is 10.9 Å². The van der Waals surface area contributed by atoms with Crippen LogP contribution < -0.4 is 4.90 Å². The Labute approximate surface area is 189 Å². The molecule has 1 N–H and O–H groups in total. The summed E-state index contributed by atoms with van der Waals surface area (Å²) in [7, 11) is -3.74. The number of hydrogen-bond donors (Lipinski definition) is 1. The standard InChI is InChI=1S/C21H22F2N6O3S/c22-16-11-15-18(12-17(16)23)24-3-1-19(15)27-7-9-28(10-8-27)20(30)14-2-6-29(13-14)33(31,32)21-25-4-5-26-21/h1,3-5,11-12,14H,2,6-10,13H2,(H,25,26)/t14-/m0/s1. The maximum Gasteiger partial charge on any atom is 0.276 e. The number of rotatable bonds is 4. The lowest BCUT2D eigenvalue weighted by atomic mass is 10.1. The van der Waals surface area contributed by atoms with Crippen molar-refractivity contribution >= 4 is 32.5 Å². The highest BCUT2D eigenvalue weighted by molar-refractivity contribution is 7.89. The SMILES string of the molecule is O=C([C@H]1CCN(S(=O)(=O)c2ncc[nH]2)C1)N1CCN(c2ccnc3cc(F)c(F)cc23)CC1. The summed E-state index contributed by atoms with van der Waals surface area (Å²) in [6, 6.07) is 3.99. The van der Waals surface area contributed by atoms with Crippen LogP contribution in [0.15, 0.2) is 41.9 Å². The fraction of sp³-hybridized carbons (Fsp3) is 0.381. The van der Waals surface area contributed by atoms with Gasteiger partial charge in [0, 0.05) is 75.0 Å². The van der Waals surface area contributed by atoms with E-state index in [2.05, 4.69) is 15.0 Å². The second-order valence-corrected chi connectivity index (χ2v) is 10.0. The lowest BCUT2D eigenvalue weighted by molar-refractivity contribution is -0.135. The smallest absolute Gasteiger partial charge is 0.276 e. The molecule has 0 aliphatic carbocycles. The predicted octanol–water partition coefficient (Wildman–Crippen LogP) is 1.60. The van der Waals surface area contributed by atoms with E-state index in [1.807, 2.05) is 4.90 Å². The Balaban J connectivity index is 1.24. The summed E-state index contributed by atoms with van der Waals surface area (Å²) in [6.45, 7) is 2.34. The van der Waals surface area contributed by atoms with Crippen molar-refractivity contribution in [2.45, 2.75) is 11.6 Å². The van der Waals surface area contributed by atoms with E-state index >= 15 is 0 Å². The number of aromatic amines is 1. The van der Waals surface area contributed by atoms with E-state index in [0.29, 0.717) is 43.5 Å². The lowest BCUT2D eigenvalue weighted by Crippen LogP contribution is -2.50. The van der Waals surface area contributed by atoms with E-state index in [4.69, 9.17) is 0 Å². The lowest BCUT2D eigenvalue weighted by Gasteiger charge is -2.37. The minimum absolute atomic E-state index is 0.0699. The van der Waals surface area contributed by atoms with Gasteiger partial charge in [-0.3, -0.25) is 9.78 Å². The van der Waals surface area contributed by atoms with Gasteiger partial charge in [-0.2, -0.15) is 4.31 Å². The number of H-pyrrole nitrogens is 1. The molecule has 2 aromatic heterocycles. The highest BCUT2D eigenvalue weighted by Crippen LogP contribution is 2.29. The quantitative estimate of drug-likeness (QED) is 0.614. The summed E-state index contributed by atoms with van der Waals surface area (Å²) in [5, 5.41) is 0.399. The molecule has 2 fully saturated rings. The zero-order valence-corrected chi connectivity index (χ0v) is 18.4. The Morgan fingerprint density at radius 2 is 1.79 bits per heavy atom. The fourth-order valence-electron chi connectivity index (χ4n) is 4.49. The summed E-state index contributed by atoms with van der Waals surface area (Å²) in [4.78, 5) is 27.4. The van der Waals surface area contributed by atoms with Crippen molar-refractivity contribution in [2.24, 2.45) is 5.92 Å². The number of imidazole rings is 1. The average Bonchev–Trinajstić information content (AvgIpc) is 3.52. The number of pyridine rings is 1. The minimum Gasteiger partial charge on any atom is -0.367 e. The van der Waals surface area contributed by atoms with Crippen molar-refractivity contribution in [2.75, 3.05) is 44.2 Å². The molecule has 2 aliphatic heterocycles. The topological polar surface area (TPSA) is 102 Å². The number of carbonyl (C=O) groups excluding carboxylic acids is 1. The van der Waals surface area contributed by atoms with Crippen LogP contribution in [0, 0.1) is 17.6 Å². The molecule has 2 saturated heterocycles. The number of amides is 1. The summed E-state index contributed by atoms with van der Waals surface area (Å²) in [5.41, 5.74) is 1.11. The maximum absolute atomic E-state index is 13.8. The van der Waals surface area contributed by atoms with Gasteiger partial charge in [0.1, 0.15) is 0 Å². The first-order valence-electron chi connectivity index (χ1n) is 10.6. The van der Waals surface area contributed by atoms with Gasteiger partial charge >= 0.3 is 0 Å². The number of benzene rings is 1. The van der Waals surface area contributed by atoms with E-state index in [9.17, 15) is 22.0 Å². The molecule has 1 aromatic carbocycles. The van der Waals surface area contributed by atoms with Gasteiger partial charge in [-0.25, -0.2) is 22.2 Å². The fourth-order valence-corrected chi connectivity index (χ4v) is 5.87. The summed E-state index contributed by atoms with van der Waals surface area (Å²) >= 11 is 0. The molecule has 4 heterocycles. The van der Waals surface area contributed by atoms with Crippen LogP contribution in [0.4, 0.5) is 14.5 Å². The van der Waals surface area contributed by atoms with Crippen LogP contribution in [-0.2, 0) is 14.8 Å². The Morgan fingerprint density at radius 3 is 2.52 bits per heavy atom. The average molecular weight is 477 g/mol. The normalized spacial score (nSPS) is 20.0. The van der Waals surface area contributed by atoms with Gasteiger partial charge in [-0.1, -0.05) is 0 Å². The number of halogens is 2. The molecule has 0 saturated carbocycles. The molecule has 2 aliphatic rings. The van der Waals surface area contributed by atoms with Crippen molar-refractivity contribution in [1.29, 1.82) is 0 Å². The molecule has 0 spiro atoms. The molecular formula is C21H22F2N6O3S. The van der Waals surface area contributed by atoms with Crippen LogP contribution in [0.5, 0.6) is 0 Å². The third-order valence-electron chi connectivity index (χ3n) is 6.25. The second kappa shape index (κ2) is 8.34. The number of nitrogens with one attached hydrogen (secondary N) is 1. The van der Waals surface area contributed by atoms with E-state index < -0.39 is 27.6 Å². The maximum atomic E-state index is 13.8. The second-order valence-electron chi connectivity index (χ2n) is 8.17. The van der Waals surface area contributed by atoms with Gasteiger partial charge in [0.05, 0.1) is 11.4 Å². The van der Waals surface area contributed by atoms with E-state index in [-0.39, 0.29) is 24.2 Å². The number of carbonyl (C=O) groups is 1. The Bertz CT molecular complexity index is 1290. The molecule has 0 bridgehead atoms. The van der Waals surface area contributed by atoms with Crippen molar-refractivity contribution in [3.8, 4) is 0 Å². The Morgan fingerprint density at radius 1 is 1.03 bits per heavy atom. The van der Waals surface area contributed by atoms with E-state index in [0.717, 1.165) is 17.8 Å². The summed E-state index contributed by atoms with van der Waals surface area (Å²) < 4.78 is 54.0. The molecule has 5 rings (SSSR count). The van der Waals surface area contributed by atoms with E-state index in [1.54, 1.807) is 17.2 Å². The first kappa shape index (κ1) is 21.7. The first-order valence-corrected chi connectivity index (χ1v) is 12.1.